The maximum atomic E-state index is 12.4. The molecule has 1 aliphatic rings. The fraction of sp³-hybridized carbons (Fsp3) is 0.167. The highest BCUT2D eigenvalue weighted by atomic mass is 16.7. The number of nitrogens with one attached hydrogen (secondary N) is 2. The molecule has 1 aliphatic heterocycles. The van der Waals surface area contributed by atoms with Gasteiger partial charge in [0.25, 0.3) is 11.8 Å². The fourth-order valence-electron chi connectivity index (χ4n) is 2.30. The Morgan fingerprint density at radius 1 is 1.15 bits per heavy atom. The van der Waals surface area contributed by atoms with Gasteiger partial charge < -0.3 is 29.6 Å². The Bertz CT molecular complexity index is 887. The van der Waals surface area contributed by atoms with Gasteiger partial charge in [-0.25, -0.2) is 0 Å². The van der Waals surface area contributed by atoms with Crippen molar-refractivity contribution >= 4 is 23.9 Å². The number of hydrogen-bond donors (Lipinski definition) is 3. The normalized spacial score (nSPS) is 12.5. The smallest absolute Gasteiger partial charge is 0.305 e. The van der Waals surface area contributed by atoms with Crippen LogP contribution in [-0.4, -0.2) is 36.2 Å². The second-order valence-electron chi connectivity index (χ2n) is 5.50. The van der Waals surface area contributed by atoms with Crippen LogP contribution in [0, 0.1) is 0 Å². The number of rotatable bonds is 7. The van der Waals surface area contributed by atoms with Gasteiger partial charge in [-0.3, -0.25) is 14.4 Å². The van der Waals surface area contributed by atoms with Gasteiger partial charge in [0.05, 0.1) is 12.7 Å². The number of aliphatic carboxylic acids is 1. The molecule has 3 N–H and O–H groups in total. The largest absolute Gasteiger partial charge is 0.481 e. The molecule has 2 heterocycles. The van der Waals surface area contributed by atoms with Crippen molar-refractivity contribution in [2.45, 2.75) is 6.42 Å². The Morgan fingerprint density at radius 2 is 1.96 bits per heavy atom. The lowest BCUT2D eigenvalue weighted by atomic mass is 10.1. The monoisotopic (exact) mass is 372 g/mol. The highest BCUT2D eigenvalue weighted by Gasteiger charge is 2.18. The number of furan rings is 1. The third-order valence-electron chi connectivity index (χ3n) is 3.57. The van der Waals surface area contributed by atoms with Crippen LogP contribution < -0.4 is 20.1 Å². The Hall–Kier alpha value is -3.75. The topological polar surface area (TPSA) is 127 Å². The molecule has 9 nitrogen and oxygen atoms in total. The van der Waals surface area contributed by atoms with Gasteiger partial charge in [0.2, 0.25) is 6.79 Å². The number of ether oxygens (including phenoxy) is 2. The minimum atomic E-state index is -1.05. The van der Waals surface area contributed by atoms with Gasteiger partial charge in [-0.15, -0.1) is 0 Å². The van der Waals surface area contributed by atoms with Crippen molar-refractivity contribution < 1.29 is 33.4 Å². The minimum absolute atomic E-state index is 0.0323. The molecule has 3 rings (SSSR count). The van der Waals surface area contributed by atoms with E-state index in [4.69, 9.17) is 19.0 Å². The molecule has 0 spiro atoms. The van der Waals surface area contributed by atoms with Crippen LogP contribution in [0.25, 0.3) is 6.08 Å². The number of fused-ring (bicyclic) bond motifs is 1. The molecular weight excluding hydrogens is 356 g/mol. The number of carbonyl (C=O) groups is 3. The van der Waals surface area contributed by atoms with Crippen molar-refractivity contribution in [2.24, 2.45) is 0 Å². The Labute approximate surface area is 153 Å². The maximum Gasteiger partial charge on any atom is 0.305 e. The molecule has 0 saturated carbocycles. The lowest BCUT2D eigenvalue weighted by Gasteiger charge is -2.10. The zero-order chi connectivity index (χ0) is 19.2. The summed E-state index contributed by atoms with van der Waals surface area (Å²) in [6.07, 6.45) is 2.54. The first-order valence-corrected chi connectivity index (χ1v) is 7.99. The molecule has 0 unspecified atom stereocenters. The van der Waals surface area contributed by atoms with Crippen molar-refractivity contribution in [3.05, 3.63) is 53.6 Å². The third-order valence-corrected chi connectivity index (χ3v) is 3.57. The van der Waals surface area contributed by atoms with E-state index in [1.165, 1.54) is 18.4 Å². The van der Waals surface area contributed by atoms with Gasteiger partial charge in [0.1, 0.15) is 5.70 Å². The van der Waals surface area contributed by atoms with E-state index in [1.54, 1.807) is 24.3 Å². The van der Waals surface area contributed by atoms with Crippen molar-refractivity contribution in [2.75, 3.05) is 13.3 Å². The van der Waals surface area contributed by atoms with Gasteiger partial charge in [0, 0.05) is 6.54 Å². The Balaban J connectivity index is 1.80. The molecule has 2 aromatic rings. The molecule has 1 aromatic heterocycles. The second kappa shape index (κ2) is 8.09. The lowest BCUT2D eigenvalue weighted by Crippen LogP contribution is -2.35. The lowest BCUT2D eigenvalue weighted by molar-refractivity contribution is -0.136. The summed E-state index contributed by atoms with van der Waals surface area (Å²) in [4.78, 5) is 35.2. The SMILES string of the molecule is O=C(O)CCNC(=O)/C(=C\c1ccc2c(c1)OCO2)NC(=O)c1ccco1. The Kier molecular flexibility index (Phi) is 5.41. The molecule has 0 bridgehead atoms. The highest BCUT2D eigenvalue weighted by Crippen LogP contribution is 2.33. The molecular formula is C18H16N2O7. The van der Waals surface area contributed by atoms with E-state index < -0.39 is 17.8 Å². The molecule has 9 heteroatoms. The van der Waals surface area contributed by atoms with E-state index in [9.17, 15) is 14.4 Å². The van der Waals surface area contributed by atoms with Gasteiger partial charge >= 0.3 is 5.97 Å². The highest BCUT2D eigenvalue weighted by molar-refractivity contribution is 6.04. The molecule has 1 aromatic carbocycles. The first kappa shape index (κ1) is 18.1. The van der Waals surface area contributed by atoms with E-state index in [-0.39, 0.29) is 31.2 Å². The van der Waals surface area contributed by atoms with E-state index >= 15 is 0 Å². The average Bonchev–Trinajstić information content (AvgIpc) is 3.32. The summed E-state index contributed by atoms with van der Waals surface area (Å²) in [6, 6.07) is 8.03. The molecule has 0 fully saturated rings. The van der Waals surface area contributed by atoms with Gasteiger partial charge in [-0.05, 0) is 35.9 Å². The first-order chi connectivity index (χ1) is 13.0. The van der Waals surface area contributed by atoms with E-state index in [0.29, 0.717) is 17.1 Å². The zero-order valence-corrected chi connectivity index (χ0v) is 14.1. The van der Waals surface area contributed by atoms with Crippen LogP contribution in [0.1, 0.15) is 22.5 Å². The number of hydrogen-bond acceptors (Lipinski definition) is 6. The summed E-state index contributed by atoms with van der Waals surface area (Å²) in [6.45, 7) is 0.0313. The van der Waals surface area contributed by atoms with Crippen LogP contribution >= 0.6 is 0 Å². The van der Waals surface area contributed by atoms with Crippen LogP contribution in [0.3, 0.4) is 0 Å². The maximum absolute atomic E-state index is 12.4. The zero-order valence-electron chi connectivity index (χ0n) is 14.1. The Morgan fingerprint density at radius 3 is 2.70 bits per heavy atom. The van der Waals surface area contributed by atoms with E-state index in [0.717, 1.165) is 0 Å². The average molecular weight is 372 g/mol. The van der Waals surface area contributed by atoms with Crippen molar-refractivity contribution in [1.82, 2.24) is 10.6 Å². The quantitative estimate of drug-likeness (QED) is 0.626. The molecule has 140 valence electrons. The summed E-state index contributed by atoms with van der Waals surface area (Å²) >= 11 is 0. The molecule has 0 radical (unpaired) electrons. The minimum Gasteiger partial charge on any atom is -0.481 e. The molecule has 0 aliphatic carbocycles. The van der Waals surface area contributed by atoms with Crippen LogP contribution in [0.2, 0.25) is 0 Å². The number of amides is 2. The number of carbonyl (C=O) groups excluding carboxylic acids is 2. The van der Waals surface area contributed by atoms with Gasteiger partial charge in [0.15, 0.2) is 17.3 Å². The molecule has 27 heavy (non-hydrogen) atoms. The van der Waals surface area contributed by atoms with Crippen molar-refractivity contribution in [3.63, 3.8) is 0 Å². The third kappa shape index (κ3) is 4.66. The van der Waals surface area contributed by atoms with Gasteiger partial charge in [-0.2, -0.15) is 0 Å². The van der Waals surface area contributed by atoms with Crippen LogP contribution in [0.4, 0.5) is 0 Å². The summed E-state index contributed by atoms with van der Waals surface area (Å²) in [5.41, 5.74) is 0.517. The first-order valence-electron chi connectivity index (χ1n) is 7.99. The summed E-state index contributed by atoms with van der Waals surface area (Å²) in [7, 11) is 0. The summed E-state index contributed by atoms with van der Waals surface area (Å²) in [5, 5.41) is 13.6. The van der Waals surface area contributed by atoms with E-state index in [1.807, 2.05) is 0 Å². The van der Waals surface area contributed by atoms with Crippen molar-refractivity contribution in [3.8, 4) is 11.5 Å². The number of carboxylic acids is 1. The molecule has 2 amide bonds. The standard InChI is InChI=1S/C18H16N2O7/c21-16(22)5-6-19-17(23)12(20-18(24)14-2-1-7-25-14)8-11-3-4-13-15(9-11)27-10-26-13/h1-4,7-9H,5-6,10H2,(H,19,23)(H,20,24)(H,21,22)/b12-8+. The van der Waals surface area contributed by atoms with Crippen LogP contribution in [-0.2, 0) is 9.59 Å². The molecule has 0 saturated heterocycles. The number of benzene rings is 1. The summed E-state index contributed by atoms with van der Waals surface area (Å²) < 4.78 is 15.5. The van der Waals surface area contributed by atoms with Crippen LogP contribution in [0.15, 0.2) is 46.7 Å². The predicted molar refractivity (Wildman–Crippen MR) is 92.0 cm³/mol. The van der Waals surface area contributed by atoms with Crippen LogP contribution in [0.5, 0.6) is 11.5 Å². The van der Waals surface area contributed by atoms with E-state index in [2.05, 4.69) is 10.6 Å². The van der Waals surface area contributed by atoms with Crippen molar-refractivity contribution in [1.29, 1.82) is 0 Å². The number of carboxylic acid groups (broad SMARTS) is 1. The molecule has 0 atom stereocenters. The summed E-state index contributed by atoms with van der Waals surface area (Å²) in [5.74, 6) is -1.15. The fourth-order valence-corrected chi connectivity index (χ4v) is 2.30. The van der Waals surface area contributed by atoms with Gasteiger partial charge in [-0.1, -0.05) is 6.07 Å². The second-order valence-corrected chi connectivity index (χ2v) is 5.50. The predicted octanol–water partition coefficient (Wildman–Crippen LogP) is 1.37.